The van der Waals surface area contributed by atoms with Crippen molar-refractivity contribution < 1.29 is 17.9 Å². The lowest BCUT2D eigenvalue weighted by Crippen LogP contribution is -2.32. The summed E-state index contributed by atoms with van der Waals surface area (Å²) in [6.07, 6.45) is 5.21. The quantitative estimate of drug-likeness (QED) is 0.685. The van der Waals surface area contributed by atoms with Gasteiger partial charge in [-0.25, -0.2) is 13.1 Å². The fourth-order valence-corrected chi connectivity index (χ4v) is 5.19. The third-order valence-corrected chi connectivity index (χ3v) is 7.20. The van der Waals surface area contributed by atoms with Crippen molar-refractivity contribution >= 4 is 27.3 Å². The maximum Gasteiger partial charge on any atom is 0.255 e. The molecule has 8 heteroatoms. The van der Waals surface area contributed by atoms with E-state index in [1.54, 1.807) is 12.1 Å². The van der Waals surface area contributed by atoms with E-state index < -0.39 is 10.0 Å². The summed E-state index contributed by atoms with van der Waals surface area (Å²) in [4.78, 5) is 15.3. The van der Waals surface area contributed by atoms with Gasteiger partial charge in [0, 0.05) is 31.8 Å². The van der Waals surface area contributed by atoms with Crippen molar-refractivity contribution in [1.82, 2.24) is 4.72 Å². The number of rotatable bonds is 7. The summed E-state index contributed by atoms with van der Waals surface area (Å²) in [5, 5.41) is 2.96. The number of hydrogen-bond donors (Lipinski definition) is 2. The Kier molecular flexibility index (Phi) is 6.89. The number of anilines is 2. The summed E-state index contributed by atoms with van der Waals surface area (Å²) < 4.78 is 33.4. The van der Waals surface area contributed by atoms with Crippen LogP contribution in [0.3, 0.4) is 0 Å². The molecule has 1 unspecified atom stereocenters. The number of hydrogen-bond acceptors (Lipinski definition) is 5. The second-order valence-electron chi connectivity index (χ2n) is 8.03. The summed E-state index contributed by atoms with van der Waals surface area (Å²) >= 11 is 0. The Morgan fingerprint density at radius 2 is 1.84 bits per heavy atom. The molecular weight excluding hydrogens is 414 g/mol. The highest BCUT2D eigenvalue weighted by atomic mass is 32.2. The SMILES string of the molecule is O=C(Nc1ccccc1N1CCCCC1)c1cccc(S(=O)(=O)NCC2CCCO2)c1. The molecule has 166 valence electrons. The lowest BCUT2D eigenvalue weighted by atomic mass is 10.1. The summed E-state index contributed by atoms with van der Waals surface area (Å²) in [5.41, 5.74) is 2.03. The van der Waals surface area contributed by atoms with Crippen LogP contribution in [0.2, 0.25) is 0 Å². The van der Waals surface area contributed by atoms with Crippen LogP contribution in [0, 0.1) is 0 Å². The van der Waals surface area contributed by atoms with Crippen LogP contribution in [0.1, 0.15) is 42.5 Å². The summed E-state index contributed by atoms with van der Waals surface area (Å²) in [5.74, 6) is -0.333. The molecule has 31 heavy (non-hydrogen) atoms. The highest BCUT2D eigenvalue weighted by molar-refractivity contribution is 7.89. The predicted octanol–water partition coefficient (Wildman–Crippen LogP) is 3.39. The molecule has 0 saturated carbocycles. The molecule has 1 amide bonds. The van der Waals surface area contributed by atoms with Crippen molar-refractivity contribution in [1.29, 1.82) is 0 Å². The molecule has 0 aromatic heterocycles. The molecule has 2 heterocycles. The second kappa shape index (κ2) is 9.80. The number of carbonyl (C=O) groups is 1. The standard InChI is InChI=1S/C23H29N3O4S/c27-23(25-21-11-2-3-12-22(21)26-13-4-1-5-14-26)18-8-6-10-20(16-18)31(28,29)24-17-19-9-7-15-30-19/h2-3,6,8,10-12,16,19,24H,1,4-5,7,9,13-15,17H2,(H,25,27). The molecule has 2 aromatic carbocycles. The van der Waals surface area contributed by atoms with Gasteiger partial charge < -0.3 is 15.0 Å². The van der Waals surface area contributed by atoms with Gasteiger partial charge in [-0.2, -0.15) is 0 Å². The third-order valence-electron chi connectivity index (χ3n) is 5.78. The Bertz CT molecular complexity index is 1010. The van der Waals surface area contributed by atoms with Crippen LogP contribution in [0.15, 0.2) is 53.4 Å². The van der Waals surface area contributed by atoms with Gasteiger partial charge in [0.15, 0.2) is 0 Å². The molecule has 0 bridgehead atoms. The van der Waals surface area contributed by atoms with Crippen LogP contribution >= 0.6 is 0 Å². The fraction of sp³-hybridized carbons (Fsp3) is 0.435. The molecular formula is C23H29N3O4S. The molecule has 7 nitrogen and oxygen atoms in total. The van der Waals surface area contributed by atoms with Gasteiger partial charge >= 0.3 is 0 Å². The van der Waals surface area contributed by atoms with Crippen LogP contribution < -0.4 is 14.9 Å². The zero-order valence-electron chi connectivity index (χ0n) is 17.5. The first kappa shape index (κ1) is 21.8. The largest absolute Gasteiger partial charge is 0.377 e. The van der Waals surface area contributed by atoms with E-state index in [0.29, 0.717) is 12.2 Å². The van der Waals surface area contributed by atoms with Crippen LogP contribution in [-0.4, -0.2) is 46.7 Å². The smallest absolute Gasteiger partial charge is 0.255 e. The summed E-state index contributed by atoms with van der Waals surface area (Å²) in [6.45, 7) is 2.84. The normalized spacial score (nSPS) is 19.4. The average molecular weight is 444 g/mol. The predicted molar refractivity (Wildman–Crippen MR) is 121 cm³/mol. The Labute approximate surface area is 183 Å². The Hall–Kier alpha value is -2.42. The maximum absolute atomic E-state index is 12.9. The number of carbonyl (C=O) groups excluding carboxylic acids is 1. The number of para-hydroxylation sites is 2. The molecule has 2 N–H and O–H groups in total. The number of piperidine rings is 1. The van der Waals surface area contributed by atoms with Gasteiger partial charge in [0.2, 0.25) is 10.0 Å². The molecule has 0 radical (unpaired) electrons. The number of sulfonamides is 1. The molecule has 2 fully saturated rings. The van der Waals surface area contributed by atoms with Gasteiger partial charge in [0.05, 0.1) is 22.4 Å². The van der Waals surface area contributed by atoms with Crippen LogP contribution in [0.4, 0.5) is 11.4 Å². The van der Waals surface area contributed by atoms with E-state index in [1.165, 1.54) is 18.6 Å². The van der Waals surface area contributed by atoms with Gasteiger partial charge in [-0.05, 0) is 62.4 Å². The van der Waals surface area contributed by atoms with Gasteiger partial charge in [0.25, 0.3) is 5.91 Å². The van der Waals surface area contributed by atoms with Crippen LogP contribution in [-0.2, 0) is 14.8 Å². The van der Waals surface area contributed by atoms with E-state index in [1.807, 2.05) is 24.3 Å². The van der Waals surface area contributed by atoms with Crippen molar-refractivity contribution in [2.24, 2.45) is 0 Å². The van der Waals surface area contributed by atoms with Crippen molar-refractivity contribution in [3.63, 3.8) is 0 Å². The van der Waals surface area contributed by atoms with E-state index in [9.17, 15) is 13.2 Å². The van der Waals surface area contributed by atoms with Crippen molar-refractivity contribution in [3.05, 3.63) is 54.1 Å². The number of benzene rings is 2. The number of amides is 1. The van der Waals surface area contributed by atoms with E-state index in [2.05, 4.69) is 14.9 Å². The van der Waals surface area contributed by atoms with Gasteiger partial charge in [-0.15, -0.1) is 0 Å². The second-order valence-corrected chi connectivity index (χ2v) is 9.80. The number of nitrogens with one attached hydrogen (secondary N) is 2. The molecule has 2 saturated heterocycles. The van der Waals surface area contributed by atoms with E-state index >= 15 is 0 Å². The molecule has 4 rings (SSSR count). The van der Waals surface area contributed by atoms with Crippen LogP contribution in [0.25, 0.3) is 0 Å². The Balaban J connectivity index is 1.47. The average Bonchev–Trinajstić information content (AvgIpc) is 3.33. The minimum atomic E-state index is -3.72. The topological polar surface area (TPSA) is 87.7 Å². The highest BCUT2D eigenvalue weighted by Gasteiger charge is 2.22. The highest BCUT2D eigenvalue weighted by Crippen LogP contribution is 2.28. The minimum Gasteiger partial charge on any atom is -0.377 e. The molecule has 2 aliphatic heterocycles. The lowest BCUT2D eigenvalue weighted by molar-refractivity contribution is 0.102. The molecule has 2 aliphatic rings. The monoisotopic (exact) mass is 443 g/mol. The van der Waals surface area contributed by atoms with E-state index in [4.69, 9.17) is 4.74 Å². The molecule has 0 aliphatic carbocycles. The fourth-order valence-electron chi connectivity index (χ4n) is 4.08. The zero-order chi connectivity index (χ0) is 21.7. The Morgan fingerprint density at radius 3 is 2.61 bits per heavy atom. The minimum absolute atomic E-state index is 0.0717. The van der Waals surface area contributed by atoms with E-state index in [0.717, 1.165) is 50.1 Å². The summed E-state index contributed by atoms with van der Waals surface area (Å²) in [7, 11) is -3.72. The maximum atomic E-state index is 12.9. The first-order chi connectivity index (χ1) is 15.0. The third kappa shape index (κ3) is 5.44. The molecule has 0 spiro atoms. The van der Waals surface area contributed by atoms with Crippen molar-refractivity contribution in [2.45, 2.75) is 43.1 Å². The summed E-state index contributed by atoms with van der Waals surface area (Å²) in [6, 6.07) is 13.9. The lowest BCUT2D eigenvalue weighted by Gasteiger charge is -2.30. The Morgan fingerprint density at radius 1 is 1.03 bits per heavy atom. The molecule has 1 atom stereocenters. The van der Waals surface area contributed by atoms with Crippen molar-refractivity contribution in [3.8, 4) is 0 Å². The van der Waals surface area contributed by atoms with Crippen molar-refractivity contribution in [2.75, 3.05) is 36.5 Å². The molecule has 2 aromatic rings. The first-order valence-electron chi connectivity index (χ1n) is 10.9. The van der Waals surface area contributed by atoms with E-state index in [-0.39, 0.29) is 23.5 Å². The van der Waals surface area contributed by atoms with Gasteiger partial charge in [0.1, 0.15) is 0 Å². The zero-order valence-corrected chi connectivity index (χ0v) is 18.4. The van der Waals surface area contributed by atoms with Crippen LogP contribution in [0.5, 0.6) is 0 Å². The number of nitrogens with zero attached hydrogens (tertiary/aromatic N) is 1. The first-order valence-corrected chi connectivity index (χ1v) is 12.4. The van der Waals surface area contributed by atoms with Gasteiger partial charge in [-0.3, -0.25) is 4.79 Å². The van der Waals surface area contributed by atoms with Gasteiger partial charge in [-0.1, -0.05) is 18.2 Å². The number of ether oxygens (including phenoxy) is 1.